The highest BCUT2D eigenvalue weighted by Crippen LogP contribution is 2.55. The molecule has 1 saturated heterocycles. The van der Waals surface area contributed by atoms with Crippen LogP contribution in [0.1, 0.15) is 38.5 Å². The van der Waals surface area contributed by atoms with E-state index in [1.807, 2.05) is 10.9 Å². The van der Waals surface area contributed by atoms with Gasteiger partial charge in [0.15, 0.2) is 0 Å². The first-order valence-electron chi connectivity index (χ1n) is 10.4. The summed E-state index contributed by atoms with van der Waals surface area (Å²) in [4.78, 5) is 17.4. The van der Waals surface area contributed by atoms with Gasteiger partial charge in [-0.3, -0.25) is 14.4 Å². The topological polar surface area (TPSA) is 41.4 Å². The summed E-state index contributed by atoms with van der Waals surface area (Å²) in [6.45, 7) is 4.63. The summed E-state index contributed by atoms with van der Waals surface area (Å²) in [5.74, 6) is 4.26. The van der Waals surface area contributed by atoms with Crippen LogP contribution < -0.4 is 0 Å². The van der Waals surface area contributed by atoms with E-state index < -0.39 is 0 Å². The standard InChI is InChI=1S/C20H29BrN4O/c21-18-12-22-25(13-18)2-1-19(26)23-3-5-24(6-4-23)20-16-8-14-7-15(10-16)11-17(20)9-14/h12-17,20H,1-11H2. The first-order chi connectivity index (χ1) is 12.7. The van der Waals surface area contributed by atoms with Crippen LogP contribution in [0.2, 0.25) is 0 Å². The van der Waals surface area contributed by atoms with Crippen LogP contribution in [0.15, 0.2) is 16.9 Å². The predicted octanol–water partition coefficient (Wildman–Crippen LogP) is 3.00. The fourth-order valence-electron chi connectivity index (χ4n) is 6.59. The van der Waals surface area contributed by atoms with E-state index in [-0.39, 0.29) is 5.91 Å². The molecule has 5 fully saturated rings. The molecule has 4 aliphatic carbocycles. The van der Waals surface area contributed by atoms with Gasteiger partial charge < -0.3 is 4.90 Å². The molecule has 2 heterocycles. The van der Waals surface area contributed by atoms with E-state index in [1.54, 1.807) is 6.20 Å². The van der Waals surface area contributed by atoms with Crippen LogP contribution in [0.3, 0.4) is 0 Å². The van der Waals surface area contributed by atoms with Gasteiger partial charge in [-0.05, 0) is 71.7 Å². The van der Waals surface area contributed by atoms with Crippen LogP contribution in [-0.4, -0.2) is 57.7 Å². The molecule has 1 aromatic rings. The Bertz CT molecular complexity index is 639. The number of piperazine rings is 1. The molecule has 0 unspecified atom stereocenters. The Kier molecular flexibility index (Phi) is 4.60. The Morgan fingerprint density at radius 1 is 1.04 bits per heavy atom. The first kappa shape index (κ1) is 17.2. The maximum absolute atomic E-state index is 12.6. The van der Waals surface area contributed by atoms with Crippen molar-refractivity contribution in [3.63, 3.8) is 0 Å². The SMILES string of the molecule is O=C(CCn1cc(Br)cn1)N1CCN(C2C3CC4CC(C3)CC2C4)CC1. The molecule has 1 aliphatic heterocycles. The molecule has 0 atom stereocenters. The molecule has 0 N–H and O–H groups in total. The van der Waals surface area contributed by atoms with Crippen LogP contribution in [0.25, 0.3) is 0 Å². The Balaban J connectivity index is 1.13. The van der Waals surface area contributed by atoms with E-state index in [9.17, 15) is 4.79 Å². The second-order valence-electron chi connectivity index (χ2n) is 9.01. The molecule has 0 aromatic carbocycles. The van der Waals surface area contributed by atoms with Crippen LogP contribution >= 0.6 is 15.9 Å². The molecule has 0 spiro atoms. The predicted molar refractivity (Wildman–Crippen MR) is 104 cm³/mol. The highest BCUT2D eigenvalue weighted by molar-refractivity contribution is 9.10. The molecule has 5 aliphatic rings. The zero-order chi connectivity index (χ0) is 17.7. The van der Waals surface area contributed by atoms with Crippen molar-refractivity contribution in [2.24, 2.45) is 23.7 Å². The lowest BCUT2D eigenvalue weighted by Gasteiger charge is -2.58. The van der Waals surface area contributed by atoms with Crippen molar-refractivity contribution in [3.8, 4) is 0 Å². The molecule has 26 heavy (non-hydrogen) atoms. The average molecular weight is 421 g/mol. The Morgan fingerprint density at radius 3 is 2.27 bits per heavy atom. The van der Waals surface area contributed by atoms with Crippen molar-refractivity contribution in [1.29, 1.82) is 0 Å². The maximum atomic E-state index is 12.6. The number of carbonyl (C=O) groups excluding carboxylic acids is 1. The number of aryl methyl sites for hydroxylation is 1. The van der Waals surface area contributed by atoms with E-state index in [4.69, 9.17) is 0 Å². The van der Waals surface area contributed by atoms with E-state index in [0.717, 1.165) is 60.4 Å². The molecule has 4 saturated carbocycles. The average Bonchev–Trinajstić information content (AvgIpc) is 3.05. The van der Waals surface area contributed by atoms with Crippen LogP contribution in [0.4, 0.5) is 0 Å². The van der Waals surface area contributed by atoms with Crippen LogP contribution in [0.5, 0.6) is 0 Å². The van der Waals surface area contributed by atoms with Gasteiger partial charge in [-0.15, -0.1) is 0 Å². The summed E-state index contributed by atoms with van der Waals surface area (Å²) in [5, 5.41) is 4.24. The molecule has 1 aromatic heterocycles. The largest absolute Gasteiger partial charge is 0.340 e. The van der Waals surface area contributed by atoms with Crippen LogP contribution in [-0.2, 0) is 11.3 Å². The van der Waals surface area contributed by atoms with Gasteiger partial charge >= 0.3 is 0 Å². The van der Waals surface area contributed by atoms with Gasteiger partial charge in [0.1, 0.15) is 0 Å². The summed E-state index contributed by atoms with van der Waals surface area (Å²) < 4.78 is 2.81. The number of hydrogen-bond acceptors (Lipinski definition) is 3. The Labute approximate surface area is 164 Å². The van der Waals surface area contributed by atoms with Gasteiger partial charge in [0.05, 0.1) is 10.7 Å². The van der Waals surface area contributed by atoms with Gasteiger partial charge in [-0.1, -0.05) is 0 Å². The zero-order valence-corrected chi connectivity index (χ0v) is 17.0. The number of nitrogens with zero attached hydrogens (tertiary/aromatic N) is 4. The van der Waals surface area contributed by atoms with E-state index in [0.29, 0.717) is 13.0 Å². The normalized spacial score (nSPS) is 36.7. The fourth-order valence-corrected chi connectivity index (χ4v) is 6.92. The molecule has 4 bridgehead atoms. The van der Waals surface area contributed by atoms with Gasteiger partial charge in [-0.25, -0.2) is 0 Å². The van der Waals surface area contributed by atoms with Gasteiger partial charge in [0.25, 0.3) is 0 Å². The lowest BCUT2D eigenvalue weighted by molar-refractivity contribution is -0.135. The van der Waals surface area contributed by atoms with Gasteiger partial charge in [0, 0.05) is 51.4 Å². The quantitative estimate of drug-likeness (QED) is 0.751. The van der Waals surface area contributed by atoms with Crippen molar-refractivity contribution < 1.29 is 4.79 Å². The van der Waals surface area contributed by atoms with E-state index >= 15 is 0 Å². The van der Waals surface area contributed by atoms with Crippen LogP contribution in [0, 0.1) is 23.7 Å². The number of aromatic nitrogens is 2. The Morgan fingerprint density at radius 2 is 1.69 bits per heavy atom. The lowest BCUT2D eigenvalue weighted by Crippen LogP contribution is -2.60. The fraction of sp³-hybridized carbons (Fsp3) is 0.800. The minimum Gasteiger partial charge on any atom is -0.340 e. The maximum Gasteiger partial charge on any atom is 0.224 e. The first-order valence-corrected chi connectivity index (χ1v) is 11.1. The molecule has 0 radical (unpaired) electrons. The van der Waals surface area contributed by atoms with E-state index in [2.05, 4.69) is 30.8 Å². The summed E-state index contributed by atoms with van der Waals surface area (Å²) in [5.41, 5.74) is 0. The highest BCUT2D eigenvalue weighted by atomic mass is 79.9. The second-order valence-corrected chi connectivity index (χ2v) is 9.93. The summed E-state index contributed by atoms with van der Waals surface area (Å²) in [6.07, 6.45) is 11.7. The smallest absolute Gasteiger partial charge is 0.224 e. The number of hydrogen-bond donors (Lipinski definition) is 0. The number of halogens is 1. The van der Waals surface area contributed by atoms with Crippen molar-refractivity contribution in [2.75, 3.05) is 26.2 Å². The minimum absolute atomic E-state index is 0.279. The molecule has 1 amide bonds. The monoisotopic (exact) mass is 420 g/mol. The van der Waals surface area contributed by atoms with Crippen molar-refractivity contribution in [3.05, 3.63) is 16.9 Å². The molecular formula is C20H29BrN4O. The molecular weight excluding hydrogens is 392 g/mol. The highest BCUT2D eigenvalue weighted by Gasteiger charge is 2.50. The number of rotatable bonds is 4. The van der Waals surface area contributed by atoms with Crippen molar-refractivity contribution >= 4 is 21.8 Å². The lowest BCUT2D eigenvalue weighted by atomic mass is 9.54. The van der Waals surface area contributed by atoms with Crippen molar-refractivity contribution in [2.45, 2.75) is 51.1 Å². The van der Waals surface area contributed by atoms with Gasteiger partial charge in [0.2, 0.25) is 5.91 Å². The summed E-state index contributed by atoms with van der Waals surface area (Å²) in [7, 11) is 0. The van der Waals surface area contributed by atoms with E-state index in [1.165, 1.54) is 32.1 Å². The molecule has 142 valence electrons. The van der Waals surface area contributed by atoms with Crippen molar-refractivity contribution in [1.82, 2.24) is 19.6 Å². The Hall–Kier alpha value is -0.880. The number of amides is 1. The summed E-state index contributed by atoms with van der Waals surface area (Å²) in [6, 6.07) is 0.821. The molecule has 5 nitrogen and oxygen atoms in total. The third-order valence-electron chi connectivity index (χ3n) is 7.42. The minimum atomic E-state index is 0.279. The third kappa shape index (κ3) is 3.24. The zero-order valence-electron chi connectivity index (χ0n) is 15.4. The molecule has 6 rings (SSSR count). The second kappa shape index (κ2) is 6.93. The summed E-state index contributed by atoms with van der Waals surface area (Å²) >= 11 is 3.40. The molecule has 6 heteroatoms. The number of carbonyl (C=O) groups is 1. The third-order valence-corrected chi connectivity index (χ3v) is 7.83. The van der Waals surface area contributed by atoms with Gasteiger partial charge in [-0.2, -0.15) is 5.10 Å².